The van der Waals surface area contributed by atoms with Crippen molar-refractivity contribution in [3.8, 4) is 0 Å². The first-order chi connectivity index (χ1) is 8.25. The van der Waals surface area contributed by atoms with Gasteiger partial charge in [-0.05, 0) is 24.1 Å². The molecular formula is C15H13FO. The van der Waals surface area contributed by atoms with Gasteiger partial charge in [0.25, 0.3) is 0 Å². The van der Waals surface area contributed by atoms with Crippen molar-refractivity contribution in [1.82, 2.24) is 0 Å². The second kappa shape index (κ2) is 5.39. The van der Waals surface area contributed by atoms with Gasteiger partial charge in [-0.15, -0.1) is 0 Å². The molecule has 0 saturated carbocycles. The average molecular weight is 228 g/mol. The molecule has 0 radical (unpaired) electrons. The fourth-order valence-corrected chi connectivity index (χ4v) is 1.72. The van der Waals surface area contributed by atoms with Gasteiger partial charge in [0.15, 0.2) is 5.78 Å². The lowest BCUT2D eigenvalue weighted by atomic mass is 10.0. The zero-order chi connectivity index (χ0) is 12.1. The molecule has 0 unspecified atom stereocenters. The Hall–Kier alpha value is -1.96. The Kier molecular flexibility index (Phi) is 3.66. The standard InChI is InChI=1S/C15H13FO/c16-14-8-4-5-12(11-14)9-10-15(17)13-6-2-1-3-7-13/h1-8,11H,9-10H2. The Labute approximate surface area is 99.9 Å². The van der Waals surface area contributed by atoms with E-state index in [-0.39, 0.29) is 11.6 Å². The van der Waals surface area contributed by atoms with Crippen molar-refractivity contribution in [3.05, 3.63) is 71.5 Å². The van der Waals surface area contributed by atoms with Crippen LogP contribution in [0.4, 0.5) is 4.39 Å². The van der Waals surface area contributed by atoms with E-state index in [9.17, 15) is 9.18 Å². The largest absolute Gasteiger partial charge is 0.294 e. The minimum Gasteiger partial charge on any atom is -0.294 e. The van der Waals surface area contributed by atoms with Crippen LogP contribution in [0.1, 0.15) is 22.3 Å². The summed E-state index contributed by atoms with van der Waals surface area (Å²) in [5.74, 6) is -0.162. The van der Waals surface area contributed by atoms with Crippen molar-refractivity contribution in [2.75, 3.05) is 0 Å². The zero-order valence-electron chi connectivity index (χ0n) is 9.40. The Bertz CT molecular complexity index is 505. The second-order valence-electron chi connectivity index (χ2n) is 3.92. The van der Waals surface area contributed by atoms with Crippen LogP contribution < -0.4 is 0 Å². The summed E-state index contributed by atoms with van der Waals surface area (Å²) in [5.41, 5.74) is 1.57. The normalized spacial score (nSPS) is 10.2. The van der Waals surface area contributed by atoms with Gasteiger partial charge in [0.1, 0.15) is 5.82 Å². The topological polar surface area (TPSA) is 17.1 Å². The Morgan fingerprint density at radius 3 is 2.47 bits per heavy atom. The van der Waals surface area contributed by atoms with E-state index in [0.29, 0.717) is 18.4 Å². The van der Waals surface area contributed by atoms with Crippen LogP contribution in [0, 0.1) is 5.82 Å². The maximum absolute atomic E-state index is 12.9. The first-order valence-corrected chi connectivity index (χ1v) is 5.58. The van der Waals surface area contributed by atoms with E-state index in [2.05, 4.69) is 0 Å². The molecule has 2 rings (SSSR count). The van der Waals surface area contributed by atoms with Gasteiger partial charge in [-0.25, -0.2) is 4.39 Å². The summed E-state index contributed by atoms with van der Waals surface area (Å²) in [6, 6.07) is 15.5. The highest BCUT2D eigenvalue weighted by molar-refractivity contribution is 5.96. The van der Waals surface area contributed by atoms with Crippen molar-refractivity contribution in [2.24, 2.45) is 0 Å². The monoisotopic (exact) mass is 228 g/mol. The van der Waals surface area contributed by atoms with E-state index in [1.54, 1.807) is 18.2 Å². The average Bonchev–Trinajstić information content (AvgIpc) is 2.37. The maximum Gasteiger partial charge on any atom is 0.163 e. The molecule has 2 aromatic carbocycles. The van der Waals surface area contributed by atoms with E-state index in [1.165, 1.54) is 12.1 Å². The molecule has 2 heteroatoms. The molecule has 1 nitrogen and oxygen atoms in total. The molecule has 86 valence electrons. The zero-order valence-corrected chi connectivity index (χ0v) is 9.40. The Morgan fingerprint density at radius 1 is 1.00 bits per heavy atom. The predicted octanol–water partition coefficient (Wildman–Crippen LogP) is 3.64. The van der Waals surface area contributed by atoms with Crippen molar-refractivity contribution < 1.29 is 9.18 Å². The summed E-state index contributed by atoms with van der Waals surface area (Å²) < 4.78 is 12.9. The van der Waals surface area contributed by atoms with Gasteiger partial charge >= 0.3 is 0 Å². The number of ketones is 1. The summed E-state index contributed by atoms with van der Waals surface area (Å²) in [7, 11) is 0. The third kappa shape index (κ3) is 3.25. The van der Waals surface area contributed by atoms with Crippen molar-refractivity contribution in [2.45, 2.75) is 12.8 Å². The minimum atomic E-state index is -0.255. The van der Waals surface area contributed by atoms with E-state index in [0.717, 1.165) is 5.56 Å². The fraction of sp³-hybridized carbons (Fsp3) is 0.133. The number of carbonyl (C=O) groups excluding carboxylic acids is 1. The predicted molar refractivity (Wildman–Crippen MR) is 65.5 cm³/mol. The van der Waals surface area contributed by atoms with Crippen molar-refractivity contribution in [3.63, 3.8) is 0 Å². The number of Topliss-reactive ketones (excluding diaryl/α,β-unsaturated/α-hetero) is 1. The van der Waals surface area contributed by atoms with E-state index < -0.39 is 0 Å². The number of rotatable bonds is 4. The van der Waals surface area contributed by atoms with Crippen LogP contribution in [0.2, 0.25) is 0 Å². The van der Waals surface area contributed by atoms with Crippen LogP contribution >= 0.6 is 0 Å². The molecule has 0 aliphatic carbocycles. The van der Waals surface area contributed by atoms with Gasteiger partial charge in [0.2, 0.25) is 0 Å². The van der Waals surface area contributed by atoms with Crippen LogP contribution in [0.15, 0.2) is 54.6 Å². The van der Waals surface area contributed by atoms with Gasteiger partial charge in [-0.3, -0.25) is 4.79 Å². The quantitative estimate of drug-likeness (QED) is 0.730. The molecule has 0 heterocycles. The molecule has 0 spiro atoms. The molecule has 0 aliphatic rings. The van der Waals surface area contributed by atoms with E-state index in [4.69, 9.17) is 0 Å². The first kappa shape index (κ1) is 11.5. The molecule has 0 bridgehead atoms. The number of hydrogen-bond acceptors (Lipinski definition) is 1. The summed E-state index contributed by atoms with van der Waals surface area (Å²) in [5, 5.41) is 0. The summed E-state index contributed by atoms with van der Waals surface area (Å²) in [4.78, 5) is 11.8. The Morgan fingerprint density at radius 2 is 1.76 bits per heavy atom. The molecule has 0 aromatic heterocycles. The number of aryl methyl sites for hydroxylation is 1. The molecule has 0 atom stereocenters. The fourth-order valence-electron chi connectivity index (χ4n) is 1.72. The van der Waals surface area contributed by atoms with Crippen molar-refractivity contribution in [1.29, 1.82) is 0 Å². The van der Waals surface area contributed by atoms with Crippen molar-refractivity contribution >= 4 is 5.78 Å². The lowest BCUT2D eigenvalue weighted by Gasteiger charge is -2.01. The summed E-state index contributed by atoms with van der Waals surface area (Å²) >= 11 is 0. The SMILES string of the molecule is O=C(CCc1cccc(F)c1)c1ccccc1. The lowest BCUT2D eigenvalue weighted by molar-refractivity contribution is 0.0983. The number of carbonyl (C=O) groups is 1. The molecule has 0 fully saturated rings. The third-order valence-electron chi connectivity index (χ3n) is 2.63. The highest BCUT2D eigenvalue weighted by Crippen LogP contribution is 2.09. The Balaban J connectivity index is 1.97. The van der Waals surface area contributed by atoms with Gasteiger partial charge in [-0.1, -0.05) is 42.5 Å². The minimum absolute atomic E-state index is 0.0925. The molecule has 0 amide bonds. The first-order valence-electron chi connectivity index (χ1n) is 5.58. The molecule has 0 aliphatic heterocycles. The van der Waals surface area contributed by atoms with E-state index in [1.807, 2.05) is 24.3 Å². The summed E-state index contributed by atoms with van der Waals surface area (Å²) in [6.45, 7) is 0. The number of hydrogen-bond donors (Lipinski definition) is 0. The highest BCUT2D eigenvalue weighted by atomic mass is 19.1. The van der Waals surface area contributed by atoms with Crippen LogP contribution in [-0.4, -0.2) is 5.78 Å². The van der Waals surface area contributed by atoms with Gasteiger partial charge in [0.05, 0.1) is 0 Å². The van der Waals surface area contributed by atoms with Crippen LogP contribution in [0.3, 0.4) is 0 Å². The molecule has 0 saturated heterocycles. The van der Waals surface area contributed by atoms with Crippen LogP contribution in [0.5, 0.6) is 0 Å². The lowest BCUT2D eigenvalue weighted by Crippen LogP contribution is -2.00. The second-order valence-corrected chi connectivity index (χ2v) is 3.92. The third-order valence-corrected chi connectivity index (χ3v) is 2.63. The van der Waals surface area contributed by atoms with Gasteiger partial charge in [-0.2, -0.15) is 0 Å². The van der Waals surface area contributed by atoms with Crippen LogP contribution in [0.25, 0.3) is 0 Å². The van der Waals surface area contributed by atoms with Crippen LogP contribution in [-0.2, 0) is 6.42 Å². The van der Waals surface area contributed by atoms with E-state index >= 15 is 0 Å². The maximum atomic E-state index is 12.9. The molecule has 0 N–H and O–H groups in total. The smallest absolute Gasteiger partial charge is 0.163 e. The van der Waals surface area contributed by atoms with Gasteiger partial charge in [0, 0.05) is 12.0 Å². The van der Waals surface area contributed by atoms with Gasteiger partial charge < -0.3 is 0 Å². The molecular weight excluding hydrogens is 215 g/mol. The summed E-state index contributed by atoms with van der Waals surface area (Å²) in [6.07, 6.45) is 0.985. The number of benzene rings is 2. The molecule has 17 heavy (non-hydrogen) atoms. The molecule has 2 aromatic rings. The highest BCUT2D eigenvalue weighted by Gasteiger charge is 2.05. The number of halogens is 1.